The lowest BCUT2D eigenvalue weighted by atomic mass is 9.85. The fraction of sp³-hybridized carbons (Fsp3) is 0.600. The first kappa shape index (κ1) is 14.9. The number of aliphatic hydroxyl groups excluding tert-OH is 1. The molecule has 1 aromatic rings. The molecule has 0 spiro atoms. The molecule has 0 amide bonds. The highest BCUT2D eigenvalue weighted by Gasteiger charge is 2.36. The summed E-state index contributed by atoms with van der Waals surface area (Å²) in [6, 6.07) is 4.42. The van der Waals surface area contributed by atoms with Crippen LogP contribution in [0.1, 0.15) is 44.1 Å². The lowest BCUT2D eigenvalue weighted by molar-refractivity contribution is -0.0837. The average Bonchev–Trinajstić information content (AvgIpc) is 2.60. The van der Waals surface area contributed by atoms with Crippen LogP contribution >= 0.6 is 15.9 Å². The van der Waals surface area contributed by atoms with Crippen LogP contribution in [0.5, 0.6) is 0 Å². The van der Waals surface area contributed by atoms with E-state index in [4.69, 9.17) is 0 Å². The van der Waals surface area contributed by atoms with E-state index in [-0.39, 0.29) is 12.2 Å². The van der Waals surface area contributed by atoms with Gasteiger partial charge in [-0.3, -0.25) is 0 Å². The molecule has 0 bridgehead atoms. The molecule has 2 N–H and O–H groups in total. The van der Waals surface area contributed by atoms with Crippen molar-refractivity contribution >= 4 is 15.9 Å². The van der Waals surface area contributed by atoms with Crippen LogP contribution in [0.4, 0.5) is 4.39 Å². The van der Waals surface area contributed by atoms with E-state index < -0.39 is 11.7 Å². The zero-order valence-electron chi connectivity index (χ0n) is 10.9. The summed E-state index contributed by atoms with van der Waals surface area (Å²) >= 11 is 3.36. The Kier molecular flexibility index (Phi) is 4.98. The quantitative estimate of drug-likeness (QED) is 0.831. The zero-order chi connectivity index (χ0) is 13.9. The normalized spacial score (nSPS) is 20.8. The minimum atomic E-state index is -1.03. The highest BCUT2D eigenvalue weighted by molar-refractivity contribution is 9.10. The second kappa shape index (κ2) is 6.33. The SMILES string of the molecule is OC(Cc1cc(F)ccc1Br)C1(O)CCCCCC1. The van der Waals surface area contributed by atoms with Gasteiger partial charge in [0, 0.05) is 10.9 Å². The van der Waals surface area contributed by atoms with Crippen LogP contribution in [0.25, 0.3) is 0 Å². The molecule has 1 saturated carbocycles. The van der Waals surface area contributed by atoms with Crippen LogP contribution in [0.3, 0.4) is 0 Å². The van der Waals surface area contributed by atoms with Gasteiger partial charge in [-0.05, 0) is 36.6 Å². The van der Waals surface area contributed by atoms with Gasteiger partial charge in [-0.25, -0.2) is 4.39 Å². The predicted molar refractivity (Wildman–Crippen MR) is 76.5 cm³/mol. The number of halogens is 2. The molecule has 4 heteroatoms. The minimum Gasteiger partial charge on any atom is -0.390 e. The van der Waals surface area contributed by atoms with Crippen LogP contribution in [0.2, 0.25) is 0 Å². The van der Waals surface area contributed by atoms with E-state index in [9.17, 15) is 14.6 Å². The number of aliphatic hydroxyl groups is 2. The Morgan fingerprint density at radius 3 is 2.47 bits per heavy atom. The predicted octanol–water partition coefficient (Wildman–Crippen LogP) is 3.58. The molecule has 1 aliphatic rings. The fourth-order valence-corrected chi connectivity index (χ4v) is 3.18. The van der Waals surface area contributed by atoms with Gasteiger partial charge in [-0.1, -0.05) is 41.6 Å². The van der Waals surface area contributed by atoms with Gasteiger partial charge in [0.15, 0.2) is 0 Å². The Morgan fingerprint density at radius 1 is 1.21 bits per heavy atom. The van der Waals surface area contributed by atoms with Gasteiger partial charge < -0.3 is 10.2 Å². The molecular weight excluding hydrogens is 311 g/mol. The molecular formula is C15H20BrFO2. The van der Waals surface area contributed by atoms with Crippen LogP contribution in [-0.4, -0.2) is 21.9 Å². The third-order valence-corrected chi connectivity index (χ3v) is 4.78. The molecule has 106 valence electrons. The Bertz CT molecular complexity index is 428. The molecule has 1 fully saturated rings. The summed E-state index contributed by atoms with van der Waals surface area (Å²) in [5, 5.41) is 20.9. The molecule has 0 aliphatic heterocycles. The highest BCUT2D eigenvalue weighted by atomic mass is 79.9. The van der Waals surface area contributed by atoms with Crippen molar-refractivity contribution in [3.63, 3.8) is 0 Å². The van der Waals surface area contributed by atoms with Crippen molar-refractivity contribution in [3.8, 4) is 0 Å². The van der Waals surface area contributed by atoms with Crippen molar-refractivity contribution < 1.29 is 14.6 Å². The lowest BCUT2D eigenvalue weighted by Gasteiger charge is -2.32. The van der Waals surface area contributed by atoms with E-state index >= 15 is 0 Å². The van der Waals surface area contributed by atoms with E-state index in [0.29, 0.717) is 18.4 Å². The summed E-state index contributed by atoms with van der Waals surface area (Å²) in [5.74, 6) is -0.321. The van der Waals surface area contributed by atoms with Gasteiger partial charge in [-0.15, -0.1) is 0 Å². The Hall–Kier alpha value is -0.450. The van der Waals surface area contributed by atoms with Crippen molar-refractivity contribution in [3.05, 3.63) is 34.1 Å². The molecule has 0 heterocycles. The van der Waals surface area contributed by atoms with Gasteiger partial charge >= 0.3 is 0 Å². The molecule has 0 radical (unpaired) electrons. The van der Waals surface area contributed by atoms with Crippen molar-refractivity contribution in [2.24, 2.45) is 0 Å². The molecule has 2 nitrogen and oxygen atoms in total. The lowest BCUT2D eigenvalue weighted by Crippen LogP contribution is -2.43. The Labute approximate surface area is 121 Å². The topological polar surface area (TPSA) is 40.5 Å². The van der Waals surface area contributed by atoms with Crippen molar-refractivity contribution in [1.29, 1.82) is 0 Å². The van der Waals surface area contributed by atoms with E-state index in [2.05, 4.69) is 15.9 Å². The Morgan fingerprint density at radius 2 is 1.84 bits per heavy atom. The molecule has 0 saturated heterocycles. The molecule has 1 aromatic carbocycles. The summed E-state index contributed by atoms with van der Waals surface area (Å²) < 4.78 is 14.0. The molecule has 1 atom stereocenters. The standard InChI is InChI=1S/C15H20BrFO2/c16-13-6-5-12(17)9-11(13)10-14(18)15(19)7-3-1-2-4-8-15/h5-6,9,14,18-19H,1-4,7-8,10H2. The number of benzene rings is 1. The average molecular weight is 331 g/mol. The maximum absolute atomic E-state index is 13.2. The van der Waals surface area contributed by atoms with Gasteiger partial charge in [0.2, 0.25) is 0 Å². The maximum atomic E-state index is 13.2. The molecule has 1 aliphatic carbocycles. The summed E-state index contributed by atoms with van der Waals surface area (Å²) in [4.78, 5) is 0. The van der Waals surface area contributed by atoms with Crippen LogP contribution < -0.4 is 0 Å². The number of hydrogen-bond donors (Lipinski definition) is 2. The van der Waals surface area contributed by atoms with Crippen molar-refractivity contribution in [2.75, 3.05) is 0 Å². The zero-order valence-corrected chi connectivity index (χ0v) is 12.5. The van der Waals surface area contributed by atoms with Crippen molar-refractivity contribution in [1.82, 2.24) is 0 Å². The van der Waals surface area contributed by atoms with Crippen LogP contribution in [0.15, 0.2) is 22.7 Å². The van der Waals surface area contributed by atoms with Crippen LogP contribution in [0, 0.1) is 5.82 Å². The second-order valence-corrected chi connectivity index (χ2v) is 6.33. The minimum absolute atomic E-state index is 0.273. The molecule has 1 unspecified atom stereocenters. The summed E-state index contributed by atoms with van der Waals surface area (Å²) in [5.41, 5.74) is -0.326. The molecule has 0 aromatic heterocycles. The summed E-state index contributed by atoms with van der Waals surface area (Å²) in [6.45, 7) is 0. The second-order valence-electron chi connectivity index (χ2n) is 5.47. The first-order chi connectivity index (χ1) is 9.01. The third-order valence-electron chi connectivity index (χ3n) is 4.01. The van der Waals surface area contributed by atoms with E-state index in [1.807, 2.05) is 0 Å². The monoisotopic (exact) mass is 330 g/mol. The van der Waals surface area contributed by atoms with E-state index in [1.165, 1.54) is 12.1 Å². The summed E-state index contributed by atoms with van der Waals surface area (Å²) in [7, 11) is 0. The maximum Gasteiger partial charge on any atom is 0.123 e. The largest absolute Gasteiger partial charge is 0.390 e. The van der Waals surface area contributed by atoms with Gasteiger partial charge in [0.05, 0.1) is 11.7 Å². The number of hydrogen-bond acceptors (Lipinski definition) is 2. The van der Waals surface area contributed by atoms with Crippen molar-refractivity contribution in [2.45, 2.75) is 56.7 Å². The Balaban J connectivity index is 2.10. The fourth-order valence-electron chi connectivity index (χ4n) is 2.77. The first-order valence-corrected chi connectivity index (χ1v) is 7.65. The van der Waals surface area contributed by atoms with Gasteiger partial charge in [0.1, 0.15) is 5.82 Å². The van der Waals surface area contributed by atoms with E-state index in [1.54, 1.807) is 6.07 Å². The highest BCUT2D eigenvalue weighted by Crippen LogP contribution is 2.32. The smallest absolute Gasteiger partial charge is 0.123 e. The van der Waals surface area contributed by atoms with Gasteiger partial charge in [-0.2, -0.15) is 0 Å². The van der Waals surface area contributed by atoms with Crippen LogP contribution in [-0.2, 0) is 6.42 Å². The number of rotatable bonds is 3. The van der Waals surface area contributed by atoms with E-state index in [0.717, 1.165) is 30.2 Å². The third kappa shape index (κ3) is 3.77. The van der Waals surface area contributed by atoms with Gasteiger partial charge in [0.25, 0.3) is 0 Å². The summed E-state index contributed by atoms with van der Waals surface area (Å²) in [6.07, 6.45) is 4.79. The first-order valence-electron chi connectivity index (χ1n) is 6.86. The molecule has 2 rings (SSSR count). The molecule has 19 heavy (non-hydrogen) atoms.